The first-order valence-electron chi connectivity index (χ1n) is 7.00. The molecule has 18 heavy (non-hydrogen) atoms. The minimum atomic E-state index is -0.366. The van der Waals surface area contributed by atoms with Gasteiger partial charge in [-0.15, -0.1) is 0 Å². The van der Waals surface area contributed by atoms with E-state index < -0.39 is 0 Å². The lowest BCUT2D eigenvalue weighted by Crippen LogP contribution is -2.32. The average molecular weight is 247 g/mol. The van der Waals surface area contributed by atoms with Crippen LogP contribution >= 0.6 is 0 Å². The normalized spacial score (nSPS) is 17.8. The third-order valence-electron chi connectivity index (χ3n) is 4.07. The van der Waals surface area contributed by atoms with Crippen LogP contribution in [-0.4, -0.2) is 30.1 Å². The van der Waals surface area contributed by atoms with Crippen molar-refractivity contribution >= 4 is 0 Å². The Morgan fingerprint density at radius 1 is 1.33 bits per heavy atom. The number of rotatable bonds is 5. The summed E-state index contributed by atoms with van der Waals surface area (Å²) in [7, 11) is 2.12. The minimum absolute atomic E-state index is 0.366. The summed E-state index contributed by atoms with van der Waals surface area (Å²) < 4.78 is 0. The van der Waals surface area contributed by atoms with Gasteiger partial charge in [0.15, 0.2) is 0 Å². The highest BCUT2D eigenvalue weighted by molar-refractivity contribution is 5.32. The van der Waals surface area contributed by atoms with Crippen LogP contribution in [0.3, 0.4) is 0 Å². The molecule has 1 aliphatic carbocycles. The molecule has 0 heterocycles. The van der Waals surface area contributed by atoms with Crippen LogP contribution in [0.5, 0.6) is 0 Å². The van der Waals surface area contributed by atoms with Crippen molar-refractivity contribution in [2.24, 2.45) is 5.92 Å². The van der Waals surface area contributed by atoms with E-state index in [9.17, 15) is 5.11 Å². The molecule has 1 aromatic carbocycles. The molecule has 0 aromatic heterocycles. The number of aliphatic hydroxyl groups is 1. The summed E-state index contributed by atoms with van der Waals surface area (Å²) in [6.07, 6.45) is 3.75. The van der Waals surface area contributed by atoms with Crippen molar-refractivity contribution in [3.8, 4) is 0 Å². The lowest BCUT2D eigenvalue weighted by atomic mass is 9.85. The van der Waals surface area contributed by atoms with Crippen LogP contribution in [0, 0.1) is 19.8 Å². The maximum atomic E-state index is 10.4. The third kappa shape index (κ3) is 3.33. The zero-order valence-electron chi connectivity index (χ0n) is 11.8. The van der Waals surface area contributed by atoms with Gasteiger partial charge in [0.2, 0.25) is 0 Å². The van der Waals surface area contributed by atoms with E-state index in [-0.39, 0.29) is 6.10 Å². The van der Waals surface area contributed by atoms with E-state index in [1.807, 2.05) is 0 Å². The summed E-state index contributed by atoms with van der Waals surface area (Å²) in [5, 5.41) is 10.4. The number of nitrogens with zero attached hydrogens (tertiary/aromatic N) is 1. The topological polar surface area (TPSA) is 23.5 Å². The van der Waals surface area contributed by atoms with Crippen molar-refractivity contribution in [1.82, 2.24) is 4.90 Å². The molecule has 0 radical (unpaired) electrons. The molecule has 1 fully saturated rings. The number of aryl methyl sites for hydroxylation is 2. The quantitative estimate of drug-likeness (QED) is 0.864. The van der Waals surface area contributed by atoms with Crippen molar-refractivity contribution in [2.45, 2.75) is 39.2 Å². The van der Waals surface area contributed by atoms with E-state index in [0.717, 1.165) is 24.6 Å². The minimum Gasteiger partial charge on any atom is -0.387 e. The predicted molar refractivity (Wildman–Crippen MR) is 75.7 cm³/mol. The fourth-order valence-electron chi connectivity index (χ4n) is 2.70. The third-order valence-corrected chi connectivity index (χ3v) is 4.07. The Hall–Kier alpha value is -0.860. The summed E-state index contributed by atoms with van der Waals surface area (Å²) in [6.45, 7) is 6.01. The second-order valence-corrected chi connectivity index (χ2v) is 5.89. The van der Waals surface area contributed by atoms with E-state index in [1.165, 1.54) is 30.4 Å². The Morgan fingerprint density at radius 2 is 2.06 bits per heavy atom. The van der Waals surface area contributed by atoms with Gasteiger partial charge >= 0.3 is 0 Å². The molecule has 0 saturated heterocycles. The van der Waals surface area contributed by atoms with Gasteiger partial charge in [-0.05, 0) is 50.8 Å². The molecular formula is C16H25NO. The SMILES string of the molecule is Cc1ccc(C)c(C(O)CN(C)CC2CCC2)c1. The summed E-state index contributed by atoms with van der Waals surface area (Å²) in [4.78, 5) is 2.27. The van der Waals surface area contributed by atoms with Gasteiger partial charge < -0.3 is 10.0 Å². The number of likely N-dealkylation sites (N-methyl/N-ethyl adjacent to an activating group) is 1. The molecule has 0 aliphatic heterocycles. The Balaban J connectivity index is 1.93. The van der Waals surface area contributed by atoms with Gasteiger partial charge in [-0.3, -0.25) is 0 Å². The predicted octanol–water partition coefficient (Wildman–Crippen LogP) is 3.07. The van der Waals surface area contributed by atoms with E-state index >= 15 is 0 Å². The smallest absolute Gasteiger partial charge is 0.0919 e. The highest BCUT2D eigenvalue weighted by Gasteiger charge is 2.20. The second kappa shape index (κ2) is 5.85. The monoisotopic (exact) mass is 247 g/mol. The molecule has 2 heteroatoms. The molecule has 1 aromatic rings. The number of benzene rings is 1. The first-order chi connectivity index (χ1) is 8.56. The Morgan fingerprint density at radius 3 is 2.67 bits per heavy atom. The molecule has 1 unspecified atom stereocenters. The maximum absolute atomic E-state index is 10.4. The zero-order chi connectivity index (χ0) is 13.1. The standard InChI is InChI=1S/C16H25NO/c1-12-7-8-13(2)15(9-12)16(18)11-17(3)10-14-5-4-6-14/h7-9,14,16,18H,4-6,10-11H2,1-3H3. The van der Waals surface area contributed by atoms with Crippen molar-refractivity contribution in [3.63, 3.8) is 0 Å². The first-order valence-corrected chi connectivity index (χ1v) is 7.00. The molecule has 2 rings (SSSR count). The zero-order valence-corrected chi connectivity index (χ0v) is 11.8. The van der Waals surface area contributed by atoms with Gasteiger partial charge in [0.05, 0.1) is 6.10 Å². The van der Waals surface area contributed by atoms with Crippen molar-refractivity contribution in [3.05, 3.63) is 34.9 Å². The van der Waals surface area contributed by atoms with E-state index in [1.54, 1.807) is 0 Å². The van der Waals surface area contributed by atoms with Gasteiger partial charge in [-0.2, -0.15) is 0 Å². The fourth-order valence-corrected chi connectivity index (χ4v) is 2.70. The van der Waals surface area contributed by atoms with Crippen LogP contribution in [0.15, 0.2) is 18.2 Å². The van der Waals surface area contributed by atoms with E-state index in [0.29, 0.717) is 0 Å². The van der Waals surface area contributed by atoms with Crippen LogP contribution in [0.25, 0.3) is 0 Å². The van der Waals surface area contributed by atoms with Crippen LogP contribution in [0.4, 0.5) is 0 Å². The lowest BCUT2D eigenvalue weighted by molar-refractivity contribution is 0.106. The molecule has 1 N–H and O–H groups in total. The molecular weight excluding hydrogens is 222 g/mol. The van der Waals surface area contributed by atoms with Crippen molar-refractivity contribution < 1.29 is 5.11 Å². The Bertz CT molecular complexity index is 398. The second-order valence-electron chi connectivity index (χ2n) is 5.89. The summed E-state index contributed by atoms with van der Waals surface area (Å²) in [5.41, 5.74) is 3.48. The number of hydrogen-bond acceptors (Lipinski definition) is 2. The summed E-state index contributed by atoms with van der Waals surface area (Å²) in [5.74, 6) is 0.862. The number of hydrogen-bond donors (Lipinski definition) is 1. The van der Waals surface area contributed by atoms with Crippen LogP contribution in [-0.2, 0) is 0 Å². The van der Waals surface area contributed by atoms with Crippen molar-refractivity contribution in [1.29, 1.82) is 0 Å². The highest BCUT2D eigenvalue weighted by Crippen LogP contribution is 2.27. The van der Waals surface area contributed by atoms with Crippen LogP contribution < -0.4 is 0 Å². The van der Waals surface area contributed by atoms with E-state index in [4.69, 9.17) is 0 Å². The number of aliphatic hydroxyl groups excluding tert-OH is 1. The average Bonchev–Trinajstić information content (AvgIpc) is 2.27. The molecule has 0 amide bonds. The van der Waals surface area contributed by atoms with Gasteiger partial charge in [0, 0.05) is 13.1 Å². The molecule has 1 aliphatic rings. The molecule has 0 spiro atoms. The maximum Gasteiger partial charge on any atom is 0.0919 e. The summed E-state index contributed by atoms with van der Waals surface area (Å²) >= 11 is 0. The molecule has 1 saturated carbocycles. The molecule has 2 nitrogen and oxygen atoms in total. The van der Waals surface area contributed by atoms with Crippen LogP contribution in [0.2, 0.25) is 0 Å². The van der Waals surface area contributed by atoms with Crippen LogP contribution in [0.1, 0.15) is 42.1 Å². The Kier molecular flexibility index (Phi) is 4.41. The van der Waals surface area contributed by atoms with Gasteiger partial charge in [-0.25, -0.2) is 0 Å². The van der Waals surface area contributed by atoms with Gasteiger partial charge in [0.25, 0.3) is 0 Å². The lowest BCUT2D eigenvalue weighted by Gasteiger charge is -2.31. The van der Waals surface area contributed by atoms with Gasteiger partial charge in [0.1, 0.15) is 0 Å². The fraction of sp³-hybridized carbons (Fsp3) is 0.625. The first kappa shape index (κ1) is 13.6. The van der Waals surface area contributed by atoms with Gasteiger partial charge in [-0.1, -0.05) is 30.2 Å². The largest absolute Gasteiger partial charge is 0.387 e. The molecule has 1 atom stereocenters. The van der Waals surface area contributed by atoms with E-state index in [2.05, 4.69) is 44.0 Å². The Labute approximate surface area is 111 Å². The van der Waals surface area contributed by atoms with Crippen molar-refractivity contribution in [2.75, 3.05) is 20.1 Å². The summed E-state index contributed by atoms with van der Waals surface area (Å²) in [6, 6.07) is 6.31. The highest BCUT2D eigenvalue weighted by atomic mass is 16.3. The molecule has 0 bridgehead atoms. The molecule has 100 valence electrons.